The summed E-state index contributed by atoms with van der Waals surface area (Å²) in [7, 11) is 0. The zero-order chi connectivity index (χ0) is 9.84. The predicted octanol–water partition coefficient (Wildman–Crippen LogP) is 1.92. The molecule has 1 aromatic heterocycles. The Bertz CT molecular complexity index is 292. The standard InChI is InChI=1S/C9H16N4/c1-5-6-7(2)12-13-8(3)10-11-9(13)4/h5-6H2,1-4H3/b12-7+. The van der Waals surface area contributed by atoms with Gasteiger partial charge in [-0.15, -0.1) is 10.2 Å². The molecule has 0 atom stereocenters. The van der Waals surface area contributed by atoms with Crippen molar-refractivity contribution in [1.82, 2.24) is 14.9 Å². The second-order valence-electron chi connectivity index (χ2n) is 3.19. The van der Waals surface area contributed by atoms with Crippen LogP contribution in [0.3, 0.4) is 0 Å². The highest BCUT2D eigenvalue weighted by atomic mass is 15.4. The van der Waals surface area contributed by atoms with Gasteiger partial charge in [0.05, 0.1) is 0 Å². The molecule has 0 saturated carbocycles. The van der Waals surface area contributed by atoms with Crippen molar-refractivity contribution in [1.29, 1.82) is 0 Å². The lowest BCUT2D eigenvalue weighted by atomic mass is 10.2. The Morgan fingerprint density at radius 1 is 1.31 bits per heavy atom. The van der Waals surface area contributed by atoms with Gasteiger partial charge in [-0.05, 0) is 27.2 Å². The average Bonchev–Trinajstić information content (AvgIpc) is 2.36. The van der Waals surface area contributed by atoms with Gasteiger partial charge in [-0.2, -0.15) is 5.10 Å². The molecule has 0 aliphatic rings. The van der Waals surface area contributed by atoms with Crippen molar-refractivity contribution in [2.24, 2.45) is 5.10 Å². The molecule has 0 N–H and O–H groups in total. The number of aryl methyl sites for hydroxylation is 2. The molecule has 4 nitrogen and oxygen atoms in total. The summed E-state index contributed by atoms with van der Waals surface area (Å²) in [5, 5.41) is 12.3. The summed E-state index contributed by atoms with van der Waals surface area (Å²) in [5.41, 5.74) is 1.12. The molecule has 0 aromatic carbocycles. The molecule has 0 amide bonds. The molecule has 0 aliphatic heterocycles. The fourth-order valence-electron chi connectivity index (χ4n) is 1.19. The second-order valence-corrected chi connectivity index (χ2v) is 3.19. The van der Waals surface area contributed by atoms with Crippen LogP contribution in [-0.4, -0.2) is 20.6 Å². The molecule has 1 heterocycles. The summed E-state index contributed by atoms with van der Waals surface area (Å²) < 4.78 is 1.78. The Hall–Kier alpha value is -1.19. The van der Waals surface area contributed by atoms with Crippen LogP contribution in [0.15, 0.2) is 5.10 Å². The Balaban J connectivity index is 2.89. The lowest BCUT2D eigenvalue weighted by Gasteiger charge is -2.00. The highest BCUT2D eigenvalue weighted by Crippen LogP contribution is 2.01. The van der Waals surface area contributed by atoms with Crippen molar-refractivity contribution >= 4 is 5.71 Å². The van der Waals surface area contributed by atoms with Crippen LogP contribution in [0.5, 0.6) is 0 Å². The van der Waals surface area contributed by atoms with Crippen LogP contribution in [0, 0.1) is 13.8 Å². The van der Waals surface area contributed by atoms with Gasteiger partial charge in [-0.25, -0.2) is 4.68 Å². The van der Waals surface area contributed by atoms with Gasteiger partial charge in [0.25, 0.3) is 0 Å². The molecule has 13 heavy (non-hydrogen) atoms. The van der Waals surface area contributed by atoms with Crippen molar-refractivity contribution in [3.63, 3.8) is 0 Å². The molecule has 0 bridgehead atoms. The number of aromatic nitrogens is 3. The first-order valence-electron chi connectivity index (χ1n) is 4.58. The highest BCUT2D eigenvalue weighted by molar-refractivity contribution is 5.81. The summed E-state index contributed by atoms with van der Waals surface area (Å²) in [4.78, 5) is 0. The van der Waals surface area contributed by atoms with E-state index >= 15 is 0 Å². The van der Waals surface area contributed by atoms with Crippen LogP contribution in [0.2, 0.25) is 0 Å². The van der Waals surface area contributed by atoms with Crippen LogP contribution >= 0.6 is 0 Å². The van der Waals surface area contributed by atoms with Crippen molar-refractivity contribution in [2.45, 2.75) is 40.5 Å². The zero-order valence-corrected chi connectivity index (χ0v) is 8.70. The SMILES string of the molecule is CCC/C(C)=N/n1c(C)nnc1C. The molecule has 4 heteroatoms. The van der Waals surface area contributed by atoms with Crippen LogP contribution in [-0.2, 0) is 0 Å². The number of nitrogens with zero attached hydrogens (tertiary/aromatic N) is 4. The lowest BCUT2D eigenvalue weighted by molar-refractivity contribution is 0.783. The van der Waals surface area contributed by atoms with Gasteiger partial charge in [0, 0.05) is 5.71 Å². The van der Waals surface area contributed by atoms with Gasteiger partial charge < -0.3 is 0 Å². The fraction of sp³-hybridized carbons (Fsp3) is 0.667. The monoisotopic (exact) mass is 180 g/mol. The number of hydrogen-bond acceptors (Lipinski definition) is 3. The van der Waals surface area contributed by atoms with Crippen LogP contribution < -0.4 is 0 Å². The molecule has 0 aliphatic carbocycles. The van der Waals surface area contributed by atoms with Gasteiger partial charge in [-0.1, -0.05) is 13.3 Å². The highest BCUT2D eigenvalue weighted by Gasteiger charge is 2.02. The Morgan fingerprint density at radius 3 is 2.31 bits per heavy atom. The van der Waals surface area contributed by atoms with E-state index < -0.39 is 0 Å². The minimum absolute atomic E-state index is 0.841. The Morgan fingerprint density at radius 2 is 1.85 bits per heavy atom. The third-order valence-corrected chi connectivity index (χ3v) is 1.84. The van der Waals surface area contributed by atoms with Gasteiger partial charge >= 0.3 is 0 Å². The van der Waals surface area contributed by atoms with E-state index in [9.17, 15) is 0 Å². The smallest absolute Gasteiger partial charge is 0.151 e. The Kier molecular flexibility index (Phi) is 3.17. The largest absolute Gasteiger partial charge is 0.202 e. The van der Waals surface area contributed by atoms with E-state index in [0.29, 0.717) is 0 Å². The van der Waals surface area contributed by atoms with Gasteiger partial charge in [0.2, 0.25) is 0 Å². The summed E-state index contributed by atoms with van der Waals surface area (Å²) in [6.07, 6.45) is 2.15. The average molecular weight is 180 g/mol. The molecule has 0 saturated heterocycles. The molecule has 72 valence electrons. The van der Waals surface area contributed by atoms with E-state index in [2.05, 4.69) is 22.2 Å². The van der Waals surface area contributed by atoms with E-state index in [1.807, 2.05) is 20.8 Å². The van der Waals surface area contributed by atoms with E-state index in [0.717, 1.165) is 30.2 Å². The van der Waals surface area contributed by atoms with Crippen molar-refractivity contribution in [2.75, 3.05) is 0 Å². The summed E-state index contributed by atoms with van der Waals surface area (Å²) >= 11 is 0. The quantitative estimate of drug-likeness (QED) is 0.667. The minimum atomic E-state index is 0.841. The summed E-state index contributed by atoms with van der Waals surface area (Å²) in [6, 6.07) is 0. The van der Waals surface area contributed by atoms with Crippen molar-refractivity contribution < 1.29 is 0 Å². The van der Waals surface area contributed by atoms with E-state index in [4.69, 9.17) is 0 Å². The van der Waals surface area contributed by atoms with E-state index in [-0.39, 0.29) is 0 Å². The van der Waals surface area contributed by atoms with Crippen molar-refractivity contribution in [3.05, 3.63) is 11.6 Å². The van der Waals surface area contributed by atoms with Gasteiger partial charge in [0.15, 0.2) is 11.6 Å². The first kappa shape index (κ1) is 9.89. The predicted molar refractivity (Wildman–Crippen MR) is 52.9 cm³/mol. The third-order valence-electron chi connectivity index (χ3n) is 1.84. The van der Waals surface area contributed by atoms with E-state index in [1.54, 1.807) is 4.68 Å². The number of rotatable bonds is 3. The minimum Gasteiger partial charge on any atom is -0.202 e. The normalized spacial score (nSPS) is 12.2. The third kappa shape index (κ3) is 2.37. The molecule has 1 aromatic rings. The van der Waals surface area contributed by atoms with E-state index in [1.165, 1.54) is 0 Å². The molecule has 0 fully saturated rings. The van der Waals surface area contributed by atoms with Crippen molar-refractivity contribution in [3.8, 4) is 0 Å². The maximum absolute atomic E-state index is 4.42. The maximum atomic E-state index is 4.42. The number of hydrogen-bond donors (Lipinski definition) is 0. The van der Waals surface area contributed by atoms with Gasteiger partial charge in [-0.3, -0.25) is 0 Å². The molecular weight excluding hydrogens is 164 g/mol. The maximum Gasteiger partial charge on any atom is 0.151 e. The molecule has 1 rings (SSSR count). The molecule has 0 radical (unpaired) electrons. The Labute approximate surface area is 78.7 Å². The first-order chi connectivity index (χ1) is 6.15. The summed E-state index contributed by atoms with van der Waals surface area (Å²) in [6.45, 7) is 7.98. The molecule has 0 unspecified atom stereocenters. The first-order valence-corrected chi connectivity index (χ1v) is 4.58. The van der Waals surface area contributed by atoms with Gasteiger partial charge in [0.1, 0.15) is 0 Å². The topological polar surface area (TPSA) is 43.1 Å². The van der Waals surface area contributed by atoms with Crippen LogP contribution in [0.25, 0.3) is 0 Å². The molecule has 0 spiro atoms. The molecular formula is C9H16N4. The van der Waals surface area contributed by atoms with Crippen LogP contribution in [0.1, 0.15) is 38.3 Å². The van der Waals surface area contributed by atoms with Crippen LogP contribution in [0.4, 0.5) is 0 Å². The lowest BCUT2D eigenvalue weighted by Crippen LogP contribution is -2.00. The second kappa shape index (κ2) is 4.16. The fourth-order valence-corrected chi connectivity index (χ4v) is 1.19. The zero-order valence-electron chi connectivity index (χ0n) is 8.70. The summed E-state index contributed by atoms with van der Waals surface area (Å²) in [5.74, 6) is 1.68.